The number of rotatable bonds is 1. The van der Waals surface area contributed by atoms with Gasteiger partial charge in [0, 0.05) is 19.2 Å². The summed E-state index contributed by atoms with van der Waals surface area (Å²) in [7, 11) is 2.03. The van der Waals surface area contributed by atoms with Gasteiger partial charge in [-0.3, -0.25) is 4.79 Å². The predicted molar refractivity (Wildman–Crippen MR) is 129 cm³/mol. The van der Waals surface area contributed by atoms with Crippen LogP contribution in [0.1, 0.15) is 39.9 Å². The third-order valence-electron chi connectivity index (χ3n) is 7.43. The highest BCUT2D eigenvalue weighted by Gasteiger charge is 2.52. The molecule has 0 amide bonds. The molecule has 33 heavy (non-hydrogen) atoms. The molecule has 1 atom stereocenters. The van der Waals surface area contributed by atoms with Crippen molar-refractivity contribution in [1.82, 2.24) is 4.90 Å². The number of hydrogen-bond donors (Lipinski definition) is 0. The van der Waals surface area contributed by atoms with E-state index in [1.807, 2.05) is 25.2 Å². The summed E-state index contributed by atoms with van der Waals surface area (Å²) in [4.78, 5) is 21.3. The molecule has 2 aliphatic carbocycles. The lowest BCUT2D eigenvalue weighted by atomic mass is 9.59. The Kier molecular flexibility index (Phi) is 4.58. The van der Waals surface area contributed by atoms with Crippen LogP contribution >= 0.6 is 0 Å². The van der Waals surface area contributed by atoms with Crippen LogP contribution in [0.25, 0.3) is 5.57 Å². The van der Waals surface area contributed by atoms with Crippen molar-refractivity contribution < 1.29 is 9.18 Å². The minimum atomic E-state index is -0.587. The Balaban J connectivity index is 1.59. The zero-order chi connectivity index (χ0) is 22.6. The molecule has 0 fully saturated rings. The van der Waals surface area contributed by atoms with Gasteiger partial charge in [0.25, 0.3) is 0 Å². The van der Waals surface area contributed by atoms with Crippen molar-refractivity contribution >= 4 is 22.9 Å². The Labute approximate surface area is 193 Å². The fraction of sp³-hybridized carbons (Fsp3) is 0.241. The van der Waals surface area contributed by atoms with Gasteiger partial charge >= 0.3 is 0 Å². The van der Waals surface area contributed by atoms with Crippen LogP contribution in [0.5, 0.6) is 0 Å². The summed E-state index contributed by atoms with van der Waals surface area (Å²) < 4.78 is 13.5. The Hall–Kier alpha value is -3.53. The van der Waals surface area contributed by atoms with E-state index >= 15 is 0 Å². The number of aryl methyl sites for hydroxylation is 2. The number of aliphatic imine (C=N–C) groups is 1. The summed E-state index contributed by atoms with van der Waals surface area (Å²) in [5.41, 5.74) is 6.93. The molecule has 0 N–H and O–H groups in total. The van der Waals surface area contributed by atoms with Crippen molar-refractivity contribution in [3.05, 3.63) is 106 Å². The largest absolute Gasteiger partial charge is 0.358 e. The van der Waals surface area contributed by atoms with Gasteiger partial charge in [-0.25, -0.2) is 9.38 Å². The van der Waals surface area contributed by atoms with E-state index < -0.39 is 5.41 Å². The monoisotopic (exact) mass is 436 g/mol. The van der Waals surface area contributed by atoms with Crippen LogP contribution in [0.4, 0.5) is 10.1 Å². The molecule has 1 heterocycles. The Morgan fingerprint density at radius 3 is 2.27 bits per heavy atom. The molecule has 1 spiro atoms. The molecule has 1 unspecified atom stereocenters. The van der Waals surface area contributed by atoms with Gasteiger partial charge in [-0.2, -0.15) is 0 Å². The normalized spacial score (nSPS) is 22.9. The van der Waals surface area contributed by atoms with Crippen molar-refractivity contribution in [3.8, 4) is 0 Å². The maximum absolute atomic E-state index is 14.2. The highest BCUT2D eigenvalue weighted by Crippen LogP contribution is 2.53. The summed E-state index contributed by atoms with van der Waals surface area (Å²) in [6.45, 7) is 0.591. The van der Waals surface area contributed by atoms with E-state index in [0.29, 0.717) is 6.54 Å². The molecule has 1 aliphatic heterocycles. The third-order valence-corrected chi connectivity index (χ3v) is 7.43. The molecule has 6 rings (SSSR count). The first-order chi connectivity index (χ1) is 16.1. The standard InChI is InChI=1S/C29H25FN2O/c1-32-18-29(17-16-20-7-3-5-9-24(20)27(29)33)26-23-8-4-2-6-19(23)10-15-25(26)28(32)31-22-13-11-21(30)12-14-22/h2-9,11-14H,10,15-18H2,1H3. The topological polar surface area (TPSA) is 32.7 Å². The summed E-state index contributed by atoms with van der Waals surface area (Å²) in [5, 5.41) is 0. The highest BCUT2D eigenvalue weighted by molar-refractivity contribution is 6.18. The van der Waals surface area contributed by atoms with E-state index in [1.54, 1.807) is 12.1 Å². The lowest BCUT2D eigenvalue weighted by Crippen LogP contribution is -2.52. The van der Waals surface area contributed by atoms with Gasteiger partial charge in [0.2, 0.25) is 0 Å². The quantitative estimate of drug-likeness (QED) is 0.468. The number of amidine groups is 1. The van der Waals surface area contributed by atoms with E-state index in [-0.39, 0.29) is 11.6 Å². The number of hydrogen-bond acceptors (Lipinski definition) is 2. The lowest BCUT2D eigenvalue weighted by Gasteiger charge is -2.48. The van der Waals surface area contributed by atoms with Crippen molar-refractivity contribution in [2.45, 2.75) is 25.7 Å². The Bertz CT molecular complexity index is 1340. The average molecular weight is 437 g/mol. The fourth-order valence-electron chi connectivity index (χ4n) is 5.95. The zero-order valence-corrected chi connectivity index (χ0v) is 18.6. The van der Waals surface area contributed by atoms with Crippen LogP contribution in [-0.4, -0.2) is 30.1 Å². The summed E-state index contributed by atoms with van der Waals surface area (Å²) in [6.07, 6.45) is 3.45. The molecule has 3 aliphatic rings. The second-order valence-corrected chi connectivity index (χ2v) is 9.35. The Morgan fingerprint density at radius 1 is 0.848 bits per heavy atom. The van der Waals surface area contributed by atoms with Crippen molar-refractivity contribution in [2.75, 3.05) is 13.6 Å². The molecule has 3 nitrogen and oxygen atoms in total. The molecule has 164 valence electrons. The van der Waals surface area contributed by atoms with E-state index in [1.165, 1.54) is 23.3 Å². The minimum Gasteiger partial charge on any atom is -0.358 e. The van der Waals surface area contributed by atoms with Crippen LogP contribution < -0.4 is 0 Å². The second kappa shape index (κ2) is 7.51. The first-order valence-electron chi connectivity index (χ1n) is 11.6. The molecular formula is C29H25FN2O. The second-order valence-electron chi connectivity index (χ2n) is 9.35. The van der Waals surface area contributed by atoms with Gasteiger partial charge in [-0.15, -0.1) is 0 Å². The summed E-state index contributed by atoms with van der Waals surface area (Å²) in [6, 6.07) is 22.8. The molecule has 3 aromatic carbocycles. The molecule has 0 aromatic heterocycles. The van der Waals surface area contributed by atoms with Crippen LogP contribution in [0.2, 0.25) is 0 Å². The van der Waals surface area contributed by atoms with Crippen LogP contribution in [0.15, 0.2) is 83.4 Å². The minimum absolute atomic E-state index is 0.223. The van der Waals surface area contributed by atoms with Crippen LogP contribution in [0.3, 0.4) is 0 Å². The van der Waals surface area contributed by atoms with E-state index in [4.69, 9.17) is 4.99 Å². The molecular weight excluding hydrogens is 411 g/mol. The number of likely N-dealkylation sites (N-methyl/N-ethyl adjacent to an activating group) is 1. The first-order valence-corrected chi connectivity index (χ1v) is 11.6. The average Bonchev–Trinajstić information content (AvgIpc) is 2.85. The van der Waals surface area contributed by atoms with Gasteiger partial charge in [0.1, 0.15) is 11.7 Å². The third kappa shape index (κ3) is 3.08. The van der Waals surface area contributed by atoms with Gasteiger partial charge in [0.15, 0.2) is 5.78 Å². The smallest absolute Gasteiger partial charge is 0.175 e. The molecule has 0 saturated heterocycles. The number of Topliss-reactive ketones (excluding diaryl/α,β-unsaturated/α-hetero) is 1. The van der Waals surface area contributed by atoms with Crippen molar-refractivity contribution in [3.63, 3.8) is 0 Å². The number of carbonyl (C=O) groups is 1. The number of carbonyl (C=O) groups excluding carboxylic acids is 1. The van der Waals surface area contributed by atoms with E-state index in [2.05, 4.69) is 35.2 Å². The maximum Gasteiger partial charge on any atom is 0.175 e. The predicted octanol–water partition coefficient (Wildman–Crippen LogP) is 6.02. The van der Waals surface area contributed by atoms with Crippen LogP contribution in [0, 0.1) is 11.2 Å². The number of nitrogens with zero attached hydrogens (tertiary/aromatic N) is 2. The fourth-order valence-corrected chi connectivity index (χ4v) is 5.95. The maximum atomic E-state index is 14.2. The molecule has 0 radical (unpaired) electrons. The molecule has 0 saturated carbocycles. The Morgan fingerprint density at radius 2 is 1.52 bits per heavy atom. The molecule has 3 aromatic rings. The first kappa shape index (κ1) is 20.1. The van der Waals surface area contributed by atoms with E-state index in [9.17, 15) is 9.18 Å². The number of ketones is 1. The number of halogens is 1. The zero-order valence-electron chi connectivity index (χ0n) is 18.6. The lowest BCUT2D eigenvalue weighted by molar-refractivity contribution is 0.0807. The van der Waals surface area contributed by atoms with Gasteiger partial charge in [-0.1, -0.05) is 48.5 Å². The van der Waals surface area contributed by atoms with Crippen molar-refractivity contribution in [2.24, 2.45) is 10.4 Å². The van der Waals surface area contributed by atoms with Crippen molar-refractivity contribution in [1.29, 1.82) is 0 Å². The molecule has 0 bridgehead atoms. The summed E-state index contributed by atoms with van der Waals surface area (Å²) >= 11 is 0. The van der Waals surface area contributed by atoms with Crippen LogP contribution in [-0.2, 0) is 12.8 Å². The van der Waals surface area contributed by atoms with E-state index in [0.717, 1.165) is 59.5 Å². The van der Waals surface area contributed by atoms with Gasteiger partial charge in [0.05, 0.1) is 11.1 Å². The number of benzene rings is 3. The number of fused-ring (bicyclic) bond motifs is 4. The van der Waals surface area contributed by atoms with Gasteiger partial charge < -0.3 is 4.90 Å². The summed E-state index contributed by atoms with van der Waals surface area (Å²) in [5.74, 6) is 0.845. The SMILES string of the molecule is CN1CC2(CCc3ccccc3C2=O)C2=C(CCc3ccccc32)C1=Nc1ccc(F)cc1. The molecule has 4 heteroatoms. The van der Waals surface area contributed by atoms with Gasteiger partial charge in [-0.05, 0) is 77.8 Å². The highest BCUT2D eigenvalue weighted by atomic mass is 19.1.